The van der Waals surface area contributed by atoms with E-state index in [9.17, 15) is 0 Å². The fourth-order valence-electron chi connectivity index (χ4n) is 2.79. The maximum Gasteiger partial charge on any atom is 0.121 e. The third-order valence-electron chi connectivity index (χ3n) is 3.88. The van der Waals surface area contributed by atoms with Crippen LogP contribution in [-0.4, -0.2) is 15.0 Å². The van der Waals surface area contributed by atoms with Crippen LogP contribution >= 0.6 is 0 Å². The second-order valence-electron chi connectivity index (χ2n) is 5.57. The molecule has 4 heteroatoms. The molecule has 1 aliphatic heterocycles. The van der Waals surface area contributed by atoms with Gasteiger partial charge in [0.1, 0.15) is 5.69 Å². The first kappa shape index (κ1) is 14.3. The molecule has 2 heterocycles. The zero-order valence-electron chi connectivity index (χ0n) is 13.0. The van der Waals surface area contributed by atoms with E-state index < -0.39 is 0 Å². The van der Waals surface area contributed by atoms with Crippen molar-refractivity contribution >= 4 is 5.57 Å². The van der Waals surface area contributed by atoms with Crippen molar-refractivity contribution in [2.45, 2.75) is 26.4 Å². The number of rotatable bonds is 3. The minimum atomic E-state index is 0.212. The molecular formula is C18H20N4. The largest absolute Gasteiger partial charge is 0.380 e. The molecule has 112 valence electrons. The van der Waals surface area contributed by atoms with Gasteiger partial charge in [-0.1, -0.05) is 48.7 Å². The van der Waals surface area contributed by atoms with Gasteiger partial charge < -0.3 is 5.32 Å². The van der Waals surface area contributed by atoms with Gasteiger partial charge in [-0.15, -0.1) is 5.10 Å². The van der Waals surface area contributed by atoms with Crippen LogP contribution in [-0.2, 0) is 6.54 Å². The Hall–Kier alpha value is -2.62. The lowest BCUT2D eigenvalue weighted by atomic mass is 9.96. The smallest absolute Gasteiger partial charge is 0.121 e. The highest BCUT2D eigenvalue weighted by Gasteiger charge is 2.24. The highest BCUT2D eigenvalue weighted by Crippen LogP contribution is 2.34. The number of fused-ring (bicyclic) bond motifs is 3. The third kappa shape index (κ3) is 2.17. The van der Waals surface area contributed by atoms with Gasteiger partial charge in [0.25, 0.3) is 0 Å². The Kier molecular flexibility index (Phi) is 3.67. The Bertz CT molecular complexity index is 765. The molecule has 1 aliphatic rings. The molecule has 0 saturated heterocycles. The molecule has 0 spiro atoms. The molecule has 0 fully saturated rings. The van der Waals surface area contributed by atoms with E-state index in [1.54, 1.807) is 0 Å². The van der Waals surface area contributed by atoms with E-state index >= 15 is 0 Å². The average molecular weight is 292 g/mol. The minimum Gasteiger partial charge on any atom is -0.380 e. The van der Waals surface area contributed by atoms with Gasteiger partial charge in [-0.2, -0.15) is 0 Å². The summed E-state index contributed by atoms with van der Waals surface area (Å²) in [6, 6.07) is 8.49. The Morgan fingerprint density at radius 2 is 2.00 bits per heavy atom. The molecule has 22 heavy (non-hydrogen) atoms. The van der Waals surface area contributed by atoms with E-state index in [4.69, 9.17) is 0 Å². The minimum absolute atomic E-state index is 0.212. The van der Waals surface area contributed by atoms with Crippen LogP contribution < -0.4 is 5.32 Å². The molecule has 1 aromatic heterocycles. The van der Waals surface area contributed by atoms with E-state index in [1.807, 2.05) is 29.0 Å². The van der Waals surface area contributed by atoms with Crippen molar-refractivity contribution in [1.29, 1.82) is 0 Å². The van der Waals surface area contributed by atoms with Crippen LogP contribution in [0.3, 0.4) is 0 Å². The van der Waals surface area contributed by atoms with Crippen LogP contribution in [0.25, 0.3) is 16.8 Å². The van der Waals surface area contributed by atoms with E-state index in [0.29, 0.717) is 0 Å². The quantitative estimate of drug-likeness (QED) is 0.937. The molecule has 0 aliphatic carbocycles. The molecular weight excluding hydrogens is 272 g/mol. The standard InChI is InChI=1S/C18H20N4/c1-5-14-16(6-2)19-11-13-9-7-8-10-15(13)17-18(14)22(12(3)4)21-20-17/h5-10,12,19H,1-2,11H2,3-4H3/b16-14-. The van der Waals surface area contributed by atoms with Gasteiger partial charge in [-0.25, -0.2) is 4.68 Å². The highest BCUT2D eigenvalue weighted by atomic mass is 15.4. The van der Waals surface area contributed by atoms with Crippen molar-refractivity contribution in [1.82, 2.24) is 20.3 Å². The van der Waals surface area contributed by atoms with Gasteiger partial charge >= 0.3 is 0 Å². The Morgan fingerprint density at radius 1 is 1.23 bits per heavy atom. The summed E-state index contributed by atoms with van der Waals surface area (Å²) in [5.41, 5.74) is 6.13. The molecule has 0 saturated carbocycles. The normalized spacial score (nSPS) is 17.0. The Balaban J connectivity index is 2.38. The van der Waals surface area contributed by atoms with Crippen LogP contribution in [0, 0.1) is 0 Å². The number of hydrogen-bond acceptors (Lipinski definition) is 3. The maximum atomic E-state index is 4.46. The molecule has 4 nitrogen and oxygen atoms in total. The summed E-state index contributed by atoms with van der Waals surface area (Å²) in [5.74, 6) is 0. The lowest BCUT2D eigenvalue weighted by Gasteiger charge is -2.20. The predicted molar refractivity (Wildman–Crippen MR) is 90.0 cm³/mol. The number of benzene rings is 1. The van der Waals surface area contributed by atoms with Gasteiger partial charge in [0.15, 0.2) is 0 Å². The van der Waals surface area contributed by atoms with Crippen LogP contribution in [0.4, 0.5) is 0 Å². The van der Waals surface area contributed by atoms with Crippen molar-refractivity contribution in [2.75, 3.05) is 0 Å². The zero-order valence-corrected chi connectivity index (χ0v) is 13.0. The molecule has 1 N–H and O–H groups in total. The van der Waals surface area contributed by atoms with Crippen molar-refractivity contribution in [3.05, 3.63) is 66.5 Å². The summed E-state index contributed by atoms with van der Waals surface area (Å²) in [6.07, 6.45) is 3.67. The van der Waals surface area contributed by atoms with E-state index in [0.717, 1.165) is 34.8 Å². The third-order valence-corrected chi connectivity index (χ3v) is 3.88. The zero-order chi connectivity index (χ0) is 15.7. The first-order chi connectivity index (χ1) is 10.7. The number of hydrogen-bond donors (Lipinski definition) is 1. The first-order valence-corrected chi connectivity index (χ1v) is 7.44. The fraction of sp³-hybridized carbons (Fsp3) is 0.222. The van der Waals surface area contributed by atoms with Crippen molar-refractivity contribution in [2.24, 2.45) is 0 Å². The van der Waals surface area contributed by atoms with Gasteiger partial charge in [0.05, 0.1) is 5.69 Å². The molecule has 0 radical (unpaired) electrons. The number of aromatic nitrogens is 3. The summed E-state index contributed by atoms with van der Waals surface area (Å²) < 4.78 is 1.94. The second-order valence-corrected chi connectivity index (χ2v) is 5.57. The fourth-order valence-corrected chi connectivity index (χ4v) is 2.79. The van der Waals surface area contributed by atoms with Gasteiger partial charge in [-0.3, -0.25) is 0 Å². The van der Waals surface area contributed by atoms with Gasteiger partial charge in [-0.05, 0) is 25.5 Å². The number of allylic oxidation sites excluding steroid dienone is 3. The van der Waals surface area contributed by atoms with Crippen molar-refractivity contribution in [3.63, 3.8) is 0 Å². The maximum absolute atomic E-state index is 4.46. The van der Waals surface area contributed by atoms with Crippen molar-refractivity contribution < 1.29 is 0 Å². The SMILES string of the molecule is C=C/C1=C(\C=C)c2c(nnn2C(C)C)-c2ccccc2CN1. The molecule has 3 rings (SSSR count). The number of nitrogens with zero attached hydrogens (tertiary/aromatic N) is 3. The van der Waals surface area contributed by atoms with Crippen molar-refractivity contribution in [3.8, 4) is 11.3 Å². The van der Waals surface area contributed by atoms with E-state index in [2.05, 4.69) is 54.8 Å². The van der Waals surface area contributed by atoms with Crippen LogP contribution in [0.1, 0.15) is 31.1 Å². The van der Waals surface area contributed by atoms with Crippen LogP contribution in [0.2, 0.25) is 0 Å². The molecule has 2 aromatic rings. The lowest BCUT2D eigenvalue weighted by molar-refractivity contribution is 0.509. The molecule has 0 unspecified atom stereocenters. The summed E-state index contributed by atoms with van der Waals surface area (Å²) in [6.45, 7) is 12.8. The van der Waals surface area contributed by atoms with Gasteiger partial charge in [0.2, 0.25) is 0 Å². The monoisotopic (exact) mass is 292 g/mol. The molecule has 1 aromatic carbocycles. The van der Waals surface area contributed by atoms with Gasteiger partial charge in [0, 0.05) is 29.4 Å². The topological polar surface area (TPSA) is 42.7 Å². The first-order valence-electron chi connectivity index (χ1n) is 7.44. The highest BCUT2D eigenvalue weighted by molar-refractivity contribution is 5.85. The van der Waals surface area contributed by atoms with E-state index in [1.165, 1.54) is 5.56 Å². The molecule has 0 bridgehead atoms. The second kappa shape index (κ2) is 5.64. The number of nitrogens with one attached hydrogen (secondary N) is 1. The summed E-state index contributed by atoms with van der Waals surface area (Å²) in [5, 5.41) is 12.3. The van der Waals surface area contributed by atoms with Crippen LogP contribution in [0.15, 0.2) is 55.3 Å². The average Bonchev–Trinajstić information content (AvgIpc) is 2.94. The molecule has 0 amide bonds. The lowest BCUT2D eigenvalue weighted by Crippen LogP contribution is -2.17. The predicted octanol–water partition coefficient (Wildman–Crippen LogP) is 3.71. The van der Waals surface area contributed by atoms with E-state index in [-0.39, 0.29) is 6.04 Å². The Morgan fingerprint density at radius 3 is 2.68 bits per heavy atom. The Labute approximate surface area is 130 Å². The summed E-state index contributed by atoms with van der Waals surface area (Å²) in [7, 11) is 0. The molecule has 0 atom stereocenters. The summed E-state index contributed by atoms with van der Waals surface area (Å²) in [4.78, 5) is 0. The summed E-state index contributed by atoms with van der Waals surface area (Å²) >= 11 is 0. The van der Waals surface area contributed by atoms with Crippen LogP contribution in [0.5, 0.6) is 0 Å².